The van der Waals surface area contributed by atoms with Crippen LogP contribution in [0, 0.1) is 11.3 Å². The monoisotopic (exact) mass is 852 g/mol. The standard InChI is InChI=1S/C46H53N4O8PS/c1-32(2)50(33(3)4)59(56-27-13-26-47)58-41-28-43(49-29-34(44(51)48-45(49)52)31-60-40-16-11-8-12-17-40)57-42(41)30-55-46(35-14-9-7-10-15-35,36-18-22-38(53-5)23-19-36)37-20-24-39(54-6)25-21-37/h7-12,14-25,29,32-33,41-43H,13,27-28,30-31H2,1-6H3,(H,48,51,52)/t41-,42+,43+,59?/m0/s1. The number of hydrogen-bond acceptors (Lipinski definition) is 11. The van der Waals surface area contributed by atoms with Gasteiger partial charge >= 0.3 is 5.69 Å². The highest BCUT2D eigenvalue weighted by molar-refractivity contribution is 7.98. The lowest BCUT2D eigenvalue weighted by molar-refractivity contribution is -0.0926. The van der Waals surface area contributed by atoms with Crippen molar-refractivity contribution in [3.05, 3.63) is 158 Å². The van der Waals surface area contributed by atoms with Gasteiger partial charge in [0.15, 0.2) is 0 Å². The molecule has 60 heavy (non-hydrogen) atoms. The summed E-state index contributed by atoms with van der Waals surface area (Å²) in [6.45, 7) is 8.51. The number of H-pyrrole nitrogens is 1. The molecule has 1 unspecified atom stereocenters. The number of aromatic amines is 1. The first-order valence-corrected chi connectivity index (χ1v) is 22.1. The van der Waals surface area contributed by atoms with Crippen LogP contribution >= 0.6 is 20.3 Å². The van der Waals surface area contributed by atoms with Gasteiger partial charge in [-0.1, -0.05) is 72.8 Å². The minimum absolute atomic E-state index is 0.0215. The van der Waals surface area contributed by atoms with Crippen molar-refractivity contribution < 1.29 is 28.0 Å². The Morgan fingerprint density at radius 1 is 0.867 bits per heavy atom. The number of aromatic nitrogens is 2. The summed E-state index contributed by atoms with van der Waals surface area (Å²) in [5.74, 6) is 1.74. The molecule has 2 heterocycles. The zero-order valence-electron chi connectivity index (χ0n) is 34.9. The van der Waals surface area contributed by atoms with E-state index in [1.807, 2.05) is 109 Å². The van der Waals surface area contributed by atoms with Gasteiger partial charge in [0.25, 0.3) is 14.1 Å². The fraction of sp³-hybridized carbons (Fsp3) is 0.370. The van der Waals surface area contributed by atoms with E-state index in [1.165, 1.54) is 16.3 Å². The molecule has 0 radical (unpaired) electrons. The summed E-state index contributed by atoms with van der Waals surface area (Å²) in [4.78, 5) is 30.2. The molecule has 4 atom stereocenters. The number of methoxy groups -OCH3 is 2. The van der Waals surface area contributed by atoms with Gasteiger partial charge in [-0.2, -0.15) is 5.26 Å². The van der Waals surface area contributed by atoms with Gasteiger partial charge in [-0.3, -0.25) is 14.3 Å². The molecule has 1 saturated heterocycles. The molecule has 1 aliphatic rings. The Morgan fingerprint density at radius 2 is 1.43 bits per heavy atom. The van der Waals surface area contributed by atoms with E-state index in [1.54, 1.807) is 20.4 Å². The molecule has 0 spiro atoms. The summed E-state index contributed by atoms with van der Waals surface area (Å²) < 4.78 is 42.2. The van der Waals surface area contributed by atoms with E-state index in [9.17, 15) is 14.9 Å². The fourth-order valence-corrected chi connectivity index (χ4v) is 9.98. The number of hydrogen-bond donors (Lipinski definition) is 1. The first-order chi connectivity index (χ1) is 29.1. The number of nitrogens with one attached hydrogen (secondary N) is 1. The average Bonchev–Trinajstić information content (AvgIpc) is 3.66. The number of benzene rings is 4. The topological polar surface area (TPSA) is 137 Å². The number of thioether (sulfide) groups is 1. The minimum Gasteiger partial charge on any atom is -0.497 e. The molecule has 0 amide bonds. The smallest absolute Gasteiger partial charge is 0.330 e. The van der Waals surface area contributed by atoms with Crippen LogP contribution < -0.4 is 20.7 Å². The van der Waals surface area contributed by atoms with E-state index in [0.29, 0.717) is 22.8 Å². The van der Waals surface area contributed by atoms with Crippen molar-refractivity contribution in [2.24, 2.45) is 0 Å². The van der Waals surface area contributed by atoms with E-state index in [4.69, 9.17) is 28.0 Å². The minimum atomic E-state index is -1.70. The Morgan fingerprint density at radius 3 is 1.98 bits per heavy atom. The third-order valence-electron chi connectivity index (χ3n) is 10.2. The molecule has 0 aliphatic carbocycles. The lowest BCUT2D eigenvalue weighted by Gasteiger charge is -2.39. The highest BCUT2D eigenvalue weighted by Crippen LogP contribution is 2.50. The Bertz CT molecular complexity index is 2210. The summed E-state index contributed by atoms with van der Waals surface area (Å²) in [6.07, 6.45) is -0.136. The van der Waals surface area contributed by atoms with Gasteiger partial charge in [0.2, 0.25) is 0 Å². The molecule has 5 aromatic rings. The van der Waals surface area contributed by atoms with Crippen molar-refractivity contribution in [2.45, 2.75) is 87.3 Å². The van der Waals surface area contributed by atoms with Crippen molar-refractivity contribution in [3.8, 4) is 17.6 Å². The second kappa shape index (κ2) is 21.2. The van der Waals surface area contributed by atoms with Gasteiger partial charge in [-0.15, -0.1) is 11.8 Å². The molecule has 1 aliphatic heterocycles. The molecule has 1 aromatic heterocycles. The number of ether oxygens (including phenoxy) is 4. The molecule has 1 fully saturated rings. The number of nitrogens with zero attached hydrogens (tertiary/aromatic N) is 3. The predicted octanol–water partition coefficient (Wildman–Crippen LogP) is 8.80. The van der Waals surface area contributed by atoms with Crippen LogP contribution in [0.4, 0.5) is 0 Å². The Balaban J connectivity index is 1.42. The van der Waals surface area contributed by atoms with Crippen molar-refractivity contribution >= 4 is 20.3 Å². The highest BCUT2D eigenvalue weighted by atomic mass is 32.2. The molecule has 4 aromatic carbocycles. The Labute approximate surface area is 357 Å². The van der Waals surface area contributed by atoms with Gasteiger partial charge in [0.1, 0.15) is 29.4 Å². The first kappa shape index (κ1) is 44.8. The predicted molar refractivity (Wildman–Crippen MR) is 234 cm³/mol. The quantitative estimate of drug-likeness (QED) is 0.0348. The normalized spacial score (nSPS) is 17.2. The molecular weight excluding hydrogens is 800 g/mol. The fourth-order valence-electron chi connectivity index (χ4n) is 7.35. The van der Waals surface area contributed by atoms with Crippen molar-refractivity contribution in [1.82, 2.24) is 14.2 Å². The van der Waals surface area contributed by atoms with Gasteiger partial charge in [0, 0.05) is 40.9 Å². The highest BCUT2D eigenvalue weighted by Gasteiger charge is 2.45. The summed E-state index contributed by atoms with van der Waals surface area (Å²) in [7, 11) is 1.56. The third-order valence-corrected chi connectivity index (χ3v) is 13.4. The van der Waals surface area contributed by atoms with Crippen LogP contribution in [0.3, 0.4) is 0 Å². The first-order valence-electron chi connectivity index (χ1n) is 20.0. The second-order valence-electron chi connectivity index (χ2n) is 14.8. The zero-order valence-corrected chi connectivity index (χ0v) is 36.6. The van der Waals surface area contributed by atoms with Gasteiger partial charge in [-0.25, -0.2) is 9.46 Å². The largest absolute Gasteiger partial charge is 0.497 e. The lowest BCUT2D eigenvalue weighted by atomic mass is 9.80. The summed E-state index contributed by atoms with van der Waals surface area (Å²) in [6, 6.07) is 37.6. The molecule has 316 valence electrons. The van der Waals surface area contributed by atoms with Gasteiger partial charge in [-0.05, 0) is 80.8 Å². The van der Waals surface area contributed by atoms with Crippen molar-refractivity contribution in [2.75, 3.05) is 27.4 Å². The molecule has 12 nitrogen and oxygen atoms in total. The van der Waals surface area contributed by atoms with Gasteiger partial charge < -0.3 is 28.0 Å². The van der Waals surface area contributed by atoms with Crippen LogP contribution in [0.2, 0.25) is 0 Å². The van der Waals surface area contributed by atoms with E-state index in [2.05, 4.69) is 43.4 Å². The molecule has 6 rings (SSSR count). The molecular formula is C46H53N4O8PS. The van der Waals surface area contributed by atoms with Gasteiger partial charge in [0.05, 0.1) is 46.0 Å². The second-order valence-corrected chi connectivity index (χ2v) is 17.2. The zero-order chi connectivity index (χ0) is 42.6. The maximum Gasteiger partial charge on any atom is 0.330 e. The van der Waals surface area contributed by atoms with E-state index in [0.717, 1.165) is 21.6 Å². The Hall–Kier alpha value is -4.77. The van der Waals surface area contributed by atoms with Crippen LogP contribution in [0.5, 0.6) is 11.5 Å². The van der Waals surface area contributed by atoms with Crippen LogP contribution in [0.15, 0.2) is 130 Å². The number of nitriles is 1. The summed E-state index contributed by atoms with van der Waals surface area (Å²) in [5.41, 5.74) is 0.798. The van der Waals surface area contributed by atoms with Crippen LogP contribution in [0.25, 0.3) is 0 Å². The maximum atomic E-state index is 13.6. The van der Waals surface area contributed by atoms with E-state index in [-0.39, 0.29) is 38.1 Å². The van der Waals surface area contributed by atoms with Crippen molar-refractivity contribution in [3.63, 3.8) is 0 Å². The van der Waals surface area contributed by atoms with E-state index < -0.39 is 43.8 Å². The van der Waals surface area contributed by atoms with Crippen molar-refractivity contribution in [1.29, 1.82) is 5.26 Å². The molecule has 0 saturated carbocycles. The number of rotatable bonds is 20. The maximum absolute atomic E-state index is 13.6. The van der Waals surface area contributed by atoms with Crippen LogP contribution in [0.1, 0.15) is 69.0 Å². The molecule has 1 N–H and O–H groups in total. The average molecular weight is 853 g/mol. The molecule has 0 bridgehead atoms. The lowest BCUT2D eigenvalue weighted by Crippen LogP contribution is -2.39. The van der Waals surface area contributed by atoms with E-state index >= 15 is 0 Å². The third kappa shape index (κ3) is 10.6. The molecule has 14 heteroatoms. The van der Waals surface area contributed by atoms with Crippen LogP contribution in [-0.2, 0) is 29.9 Å². The van der Waals surface area contributed by atoms with Crippen LogP contribution in [-0.4, -0.2) is 65.9 Å². The summed E-state index contributed by atoms with van der Waals surface area (Å²) >= 11 is 1.50. The summed E-state index contributed by atoms with van der Waals surface area (Å²) in [5, 5.41) is 9.39. The Kier molecular flexibility index (Phi) is 15.8. The SMILES string of the molecule is COc1ccc(C(OC[C@H]2O[C@@H](n3cc(CSc4ccccc4)c(=O)[nH]c3=O)C[C@@H]2OP(OCCC#N)N(C(C)C)C(C)C)(c2ccccc2)c2ccc(OC)cc2)cc1.